The first-order valence-corrected chi connectivity index (χ1v) is 5.08. The summed E-state index contributed by atoms with van der Waals surface area (Å²) in [6.45, 7) is 1.27. The van der Waals surface area contributed by atoms with Gasteiger partial charge >= 0.3 is 0 Å². The summed E-state index contributed by atoms with van der Waals surface area (Å²) in [6.07, 6.45) is 1.72. The third-order valence-corrected chi connectivity index (χ3v) is 2.26. The zero-order valence-corrected chi connectivity index (χ0v) is 8.77. The summed E-state index contributed by atoms with van der Waals surface area (Å²) in [5.41, 5.74) is 8.20. The minimum absolute atomic E-state index is 0.250. The van der Waals surface area contributed by atoms with Gasteiger partial charge in [0.25, 0.3) is 0 Å². The molecule has 0 fully saturated rings. The molecule has 2 rings (SSSR count). The van der Waals surface area contributed by atoms with Gasteiger partial charge in [-0.2, -0.15) is 5.10 Å². The van der Waals surface area contributed by atoms with Crippen molar-refractivity contribution in [3.63, 3.8) is 0 Å². The fourth-order valence-electron chi connectivity index (χ4n) is 1.48. The first-order valence-electron chi connectivity index (χ1n) is 5.08. The van der Waals surface area contributed by atoms with Crippen LogP contribution in [0.5, 0.6) is 5.75 Å². The number of nitrogens with two attached hydrogens (primary N) is 1. The van der Waals surface area contributed by atoms with E-state index in [2.05, 4.69) is 15.5 Å². The van der Waals surface area contributed by atoms with Gasteiger partial charge < -0.3 is 16.2 Å². The Kier molecular flexibility index (Phi) is 3.07. The fraction of sp³-hybridized carbons (Fsp3) is 0.182. The molecule has 0 radical (unpaired) electrons. The predicted octanol–water partition coefficient (Wildman–Crippen LogP) is 1.15. The van der Waals surface area contributed by atoms with Gasteiger partial charge in [0.05, 0.1) is 17.6 Å². The summed E-state index contributed by atoms with van der Waals surface area (Å²) in [4.78, 5) is 0. The van der Waals surface area contributed by atoms with E-state index in [9.17, 15) is 5.11 Å². The molecule has 84 valence electrons. The third kappa shape index (κ3) is 2.14. The van der Waals surface area contributed by atoms with Crippen molar-refractivity contribution in [1.29, 1.82) is 0 Å². The maximum atomic E-state index is 9.21. The molecule has 0 spiro atoms. The molecule has 5 nitrogen and oxygen atoms in total. The Hall–Kier alpha value is -2.01. The van der Waals surface area contributed by atoms with Gasteiger partial charge in [0.15, 0.2) is 0 Å². The minimum atomic E-state index is 0.250. The molecule has 0 atom stereocenters. The highest BCUT2D eigenvalue weighted by Gasteiger charge is 2.06. The molecule has 1 aromatic carbocycles. The maximum Gasteiger partial charge on any atom is 0.115 e. The molecule has 0 aliphatic carbocycles. The average Bonchev–Trinajstić information content (AvgIpc) is 2.75. The molecule has 5 N–H and O–H groups in total. The van der Waals surface area contributed by atoms with E-state index >= 15 is 0 Å². The van der Waals surface area contributed by atoms with Crippen molar-refractivity contribution in [3.8, 4) is 17.0 Å². The van der Waals surface area contributed by atoms with Crippen LogP contribution in [0.4, 0.5) is 5.69 Å². The Labute approximate surface area is 93.3 Å². The lowest BCUT2D eigenvalue weighted by Gasteiger charge is -2.05. The Bertz CT molecular complexity index is 449. The first kappa shape index (κ1) is 10.5. The second-order valence-corrected chi connectivity index (χ2v) is 3.42. The quantitative estimate of drug-likeness (QED) is 0.620. The van der Waals surface area contributed by atoms with Crippen LogP contribution in [-0.4, -0.2) is 28.4 Å². The zero-order chi connectivity index (χ0) is 11.4. The smallest absolute Gasteiger partial charge is 0.115 e. The SMILES string of the molecule is NCCNc1cn[nH]c1-c1ccc(O)cc1. The number of benzene rings is 1. The predicted molar refractivity (Wildman–Crippen MR) is 63.2 cm³/mol. The molecule has 0 aliphatic rings. The summed E-state index contributed by atoms with van der Waals surface area (Å²) in [5, 5.41) is 19.3. The van der Waals surface area contributed by atoms with Crippen molar-refractivity contribution < 1.29 is 5.11 Å². The number of aromatic nitrogens is 2. The van der Waals surface area contributed by atoms with Crippen LogP contribution in [0.2, 0.25) is 0 Å². The number of H-pyrrole nitrogens is 1. The van der Waals surface area contributed by atoms with E-state index in [1.165, 1.54) is 0 Å². The Morgan fingerprint density at radius 1 is 1.31 bits per heavy atom. The van der Waals surface area contributed by atoms with Crippen LogP contribution in [-0.2, 0) is 0 Å². The Balaban J connectivity index is 2.26. The Morgan fingerprint density at radius 2 is 2.06 bits per heavy atom. The fourth-order valence-corrected chi connectivity index (χ4v) is 1.48. The lowest BCUT2D eigenvalue weighted by atomic mass is 10.1. The second kappa shape index (κ2) is 4.67. The minimum Gasteiger partial charge on any atom is -0.508 e. The lowest BCUT2D eigenvalue weighted by molar-refractivity contribution is 0.475. The highest BCUT2D eigenvalue weighted by molar-refractivity contribution is 5.73. The molecule has 0 saturated carbocycles. The number of phenols is 1. The number of hydrogen-bond donors (Lipinski definition) is 4. The van der Waals surface area contributed by atoms with Crippen molar-refractivity contribution in [2.45, 2.75) is 0 Å². The van der Waals surface area contributed by atoms with Gasteiger partial charge in [0.2, 0.25) is 0 Å². The lowest BCUT2D eigenvalue weighted by Crippen LogP contribution is -2.13. The number of hydrogen-bond acceptors (Lipinski definition) is 4. The normalized spacial score (nSPS) is 10.3. The molecule has 0 amide bonds. The van der Waals surface area contributed by atoms with Crippen LogP contribution in [0.1, 0.15) is 0 Å². The third-order valence-electron chi connectivity index (χ3n) is 2.26. The molecule has 0 bridgehead atoms. The van der Waals surface area contributed by atoms with E-state index in [1.54, 1.807) is 18.3 Å². The van der Waals surface area contributed by atoms with Crippen LogP contribution in [0, 0.1) is 0 Å². The molecular weight excluding hydrogens is 204 g/mol. The van der Waals surface area contributed by atoms with Gasteiger partial charge in [-0.3, -0.25) is 5.10 Å². The molecular formula is C11H14N4O. The van der Waals surface area contributed by atoms with Crippen LogP contribution >= 0.6 is 0 Å². The number of rotatable bonds is 4. The van der Waals surface area contributed by atoms with Gasteiger partial charge in [-0.15, -0.1) is 0 Å². The van der Waals surface area contributed by atoms with Crippen LogP contribution < -0.4 is 11.1 Å². The molecule has 0 aliphatic heterocycles. The van der Waals surface area contributed by atoms with E-state index in [0.717, 1.165) is 16.9 Å². The molecule has 2 aromatic rings. The van der Waals surface area contributed by atoms with E-state index in [1.807, 2.05) is 12.1 Å². The number of phenolic OH excluding ortho intramolecular Hbond substituents is 1. The van der Waals surface area contributed by atoms with E-state index < -0.39 is 0 Å². The molecule has 1 aromatic heterocycles. The topological polar surface area (TPSA) is 87.0 Å². The summed E-state index contributed by atoms with van der Waals surface area (Å²) in [5.74, 6) is 0.250. The largest absolute Gasteiger partial charge is 0.508 e. The van der Waals surface area contributed by atoms with E-state index in [-0.39, 0.29) is 5.75 Å². The van der Waals surface area contributed by atoms with Gasteiger partial charge in [-0.05, 0) is 24.3 Å². The van der Waals surface area contributed by atoms with Crippen LogP contribution in [0.3, 0.4) is 0 Å². The first-order chi connectivity index (χ1) is 7.81. The highest BCUT2D eigenvalue weighted by atomic mass is 16.3. The maximum absolute atomic E-state index is 9.21. The molecule has 1 heterocycles. The zero-order valence-electron chi connectivity index (χ0n) is 8.77. The monoisotopic (exact) mass is 218 g/mol. The van der Waals surface area contributed by atoms with Crippen LogP contribution in [0.25, 0.3) is 11.3 Å². The number of nitrogens with zero attached hydrogens (tertiary/aromatic N) is 1. The number of aromatic amines is 1. The van der Waals surface area contributed by atoms with Gasteiger partial charge in [0, 0.05) is 18.7 Å². The summed E-state index contributed by atoms with van der Waals surface area (Å²) < 4.78 is 0. The Morgan fingerprint density at radius 3 is 2.75 bits per heavy atom. The second-order valence-electron chi connectivity index (χ2n) is 3.42. The van der Waals surface area contributed by atoms with Crippen molar-refractivity contribution in [2.75, 3.05) is 18.4 Å². The molecule has 5 heteroatoms. The van der Waals surface area contributed by atoms with Crippen molar-refractivity contribution in [3.05, 3.63) is 30.5 Å². The molecule has 16 heavy (non-hydrogen) atoms. The average molecular weight is 218 g/mol. The van der Waals surface area contributed by atoms with E-state index in [0.29, 0.717) is 13.1 Å². The molecule has 0 saturated heterocycles. The van der Waals surface area contributed by atoms with Gasteiger partial charge in [-0.1, -0.05) is 0 Å². The molecule has 0 unspecified atom stereocenters. The summed E-state index contributed by atoms with van der Waals surface area (Å²) in [6, 6.07) is 6.94. The standard InChI is InChI=1S/C11H14N4O/c12-5-6-13-10-7-14-15-11(10)8-1-3-9(16)4-2-8/h1-4,7,13,16H,5-6,12H2,(H,14,15). The van der Waals surface area contributed by atoms with Crippen molar-refractivity contribution in [1.82, 2.24) is 10.2 Å². The van der Waals surface area contributed by atoms with Gasteiger partial charge in [0.1, 0.15) is 5.75 Å². The van der Waals surface area contributed by atoms with Gasteiger partial charge in [-0.25, -0.2) is 0 Å². The number of anilines is 1. The summed E-state index contributed by atoms with van der Waals surface area (Å²) in [7, 11) is 0. The van der Waals surface area contributed by atoms with E-state index in [4.69, 9.17) is 5.73 Å². The number of aromatic hydroxyl groups is 1. The van der Waals surface area contributed by atoms with Crippen molar-refractivity contribution >= 4 is 5.69 Å². The van der Waals surface area contributed by atoms with Crippen molar-refractivity contribution in [2.24, 2.45) is 5.73 Å². The highest BCUT2D eigenvalue weighted by Crippen LogP contribution is 2.26. The van der Waals surface area contributed by atoms with Crippen LogP contribution in [0.15, 0.2) is 30.5 Å². The summed E-state index contributed by atoms with van der Waals surface area (Å²) >= 11 is 0. The number of nitrogens with one attached hydrogen (secondary N) is 2.